The molecule has 0 aliphatic rings. The summed E-state index contributed by atoms with van der Waals surface area (Å²) in [7, 11) is 0. The summed E-state index contributed by atoms with van der Waals surface area (Å²) in [6.45, 7) is 4.00. The molecule has 0 radical (unpaired) electrons. The highest BCUT2D eigenvalue weighted by Gasteiger charge is 1.79. The van der Waals surface area contributed by atoms with Crippen LogP contribution in [0.2, 0.25) is 0 Å². The Bertz CT molecular complexity index is 172. The summed E-state index contributed by atoms with van der Waals surface area (Å²) < 4.78 is 0. The van der Waals surface area contributed by atoms with Crippen LogP contribution in [0, 0.1) is 0 Å². The fourth-order valence-corrected chi connectivity index (χ4v) is 0.532. The van der Waals surface area contributed by atoms with E-state index in [4.69, 9.17) is 0 Å². The largest absolute Gasteiger partial charge is 0.298 e. The summed E-state index contributed by atoms with van der Waals surface area (Å²) in [6, 6.07) is 9.10. The Hall–Kier alpha value is -0.380. The molecule has 1 nitrogen and oxygen atoms in total. The first-order valence-electron chi connectivity index (χ1n) is 3.44. The number of benzene rings is 1. The summed E-state index contributed by atoms with van der Waals surface area (Å²) >= 11 is 0. The number of rotatable bonds is 1. The van der Waals surface area contributed by atoms with Crippen molar-refractivity contribution in [3.05, 3.63) is 35.9 Å². The Morgan fingerprint density at radius 1 is 1.09 bits per heavy atom. The summed E-state index contributed by atoms with van der Waals surface area (Å²) in [5.41, 5.74) is 0.729. The van der Waals surface area contributed by atoms with E-state index >= 15 is 0 Å². The molecule has 62 valence electrons. The number of carbonyl (C=O) groups excluding carboxylic acids is 1. The van der Waals surface area contributed by atoms with Crippen molar-refractivity contribution in [3.63, 3.8) is 0 Å². The molecule has 0 aliphatic carbocycles. The van der Waals surface area contributed by atoms with Crippen molar-refractivity contribution in [2.24, 2.45) is 0 Å². The van der Waals surface area contributed by atoms with Gasteiger partial charge in [-0.05, 0) is 0 Å². The van der Waals surface area contributed by atoms with Crippen LogP contribution in [0.5, 0.6) is 0 Å². The van der Waals surface area contributed by atoms with E-state index in [0.717, 1.165) is 11.8 Å². The van der Waals surface area contributed by atoms with Gasteiger partial charge >= 0.3 is 0 Å². The highest BCUT2D eigenvalue weighted by molar-refractivity contribution is 14.0. The van der Waals surface area contributed by atoms with Crippen LogP contribution in [0.1, 0.15) is 24.2 Å². The third-order valence-corrected chi connectivity index (χ3v) is 0.936. The molecule has 1 aromatic rings. The molecule has 2 heteroatoms. The Morgan fingerprint density at radius 2 is 1.55 bits per heavy atom. The standard InChI is InChI=1S/C7H6O.C2H6.HI/c8-6-7-4-2-1-3-5-7;1-2;/h1-6H;1-2H3;1H. The van der Waals surface area contributed by atoms with Crippen molar-refractivity contribution in [2.75, 3.05) is 0 Å². The van der Waals surface area contributed by atoms with Gasteiger partial charge in [0.05, 0.1) is 0 Å². The van der Waals surface area contributed by atoms with Gasteiger partial charge in [0.2, 0.25) is 0 Å². The van der Waals surface area contributed by atoms with Gasteiger partial charge in [0, 0.05) is 5.56 Å². The van der Waals surface area contributed by atoms with E-state index in [1.807, 2.05) is 32.0 Å². The summed E-state index contributed by atoms with van der Waals surface area (Å²) in [6.07, 6.45) is 0.833. The molecule has 0 saturated carbocycles. The summed E-state index contributed by atoms with van der Waals surface area (Å²) in [5.74, 6) is 0. The molecule has 1 aromatic carbocycles. The minimum atomic E-state index is 0. The molecule has 0 aliphatic heterocycles. The first-order chi connectivity index (χ1) is 4.93. The van der Waals surface area contributed by atoms with E-state index in [0.29, 0.717) is 0 Å². The monoisotopic (exact) mass is 264 g/mol. The third kappa shape index (κ3) is 6.04. The molecule has 0 N–H and O–H groups in total. The highest BCUT2D eigenvalue weighted by Crippen LogP contribution is 1.91. The SMILES string of the molecule is CC.I.O=Cc1ccccc1. The van der Waals surface area contributed by atoms with E-state index < -0.39 is 0 Å². The predicted molar refractivity (Wildman–Crippen MR) is 58.6 cm³/mol. The maximum absolute atomic E-state index is 10.0. The van der Waals surface area contributed by atoms with Crippen LogP contribution in [0.25, 0.3) is 0 Å². The number of carbonyl (C=O) groups is 1. The quantitative estimate of drug-likeness (QED) is 0.562. The molecule has 0 amide bonds. The zero-order valence-electron chi connectivity index (χ0n) is 6.78. The minimum Gasteiger partial charge on any atom is -0.298 e. The lowest BCUT2D eigenvalue weighted by atomic mass is 10.2. The second-order valence-electron chi connectivity index (χ2n) is 1.53. The lowest BCUT2D eigenvalue weighted by molar-refractivity contribution is 0.112. The Labute approximate surface area is 84.8 Å². The van der Waals surface area contributed by atoms with Crippen molar-refractivity contribution >= 4 is 30.3 Å². The molecule has 0 fully saturated rings. The van der Waals surface area contributed by atoms with Crippen molar-refractivity contribution < 1.29 is 4.79 Å². The molecular weight excluding hydrogens is 251 g/mol. The van der Waals surface area contributed by atoms with Gasteiger partial charge in [-0.1, -0.05) is 44.2 Å². The first-order valence-corrected chi connectivity index (χ1v) is 3.44. The van der Waals surface area contributed by atoms with Gasteiger partial charge in [-0.3, -0.25) is 4.79 Å². The van der Waals surface area contributed by atoms with Crippen LogP contribution in [0.3, 0.4) is 0 Å². The lowest BCUT2D eigenvalue weighted by Gasteiger charge is -1.81. The van der Waals surface area contributed by atoms with Crippen LogP contribution < -0.4 is 0 Å². The van der Waals surface area contributed by atoms with Gasteiger partial charge in [-0.25, -0.2) is 0 Å². The zero-order valence-corrected chi connectivity index (χ0v) is 9.11. The summed E-state index contributed by atoms with van der Waals surface area (Å²) in [4.78, 5) is 10.0. The zero-order chi connectivity index (χ0) is 7.82. The van der Waals surface area contributed by atoms with Crippen LogP contribution in [0.4, 0.5) is 0 Å². The van der Waals surface area contributed by atoms with Crippen molar-refractivity contribution in [3.8, 4) is 0 Å². The van der Waals surface area contributed by atoms with E-state index in [1.54, 1.807) is 12.1 Å². The van der Waals surface area contributed by atoms with Crippen LogP contribution >= 0.6 is 24.0 Å². The van der Waals surface area contributed by atoms with Crippen LogP contribution in [0.15, 0.2) is 30.3 Å². The van der Waals surface area contributed by atoms with Crippen LogP contribution in [-0.2, 0) is 0 Å². The Morgan fingerprint density at radius 3 is 1.82 bits per heavy atom. The molecule has 1 rings (SSSR count). The van der Waals surface area contributed by atoms with Gasteiger partial charge in [-0.2, -0.15) is 0 Å². The average Bonchev–Trinajstić information content (AvgIpc) is 2.10. The molecule has 0 saturated heterocycles. The number of hydrogen-bond donors (Lipinski definition) is 0. The molecular formula is C9H13IO. The maximum Gasteiger partial charge on any atom is 0.150 e. The van der Waals surface area contributed by atoms with Crippen molar-refractivity contribution in [1.82, 2.24) is 0 Å². The second kappa shape index (κ2) is 9.62. The van der Waals surface area contributed by atoms with Gasteiger partial charge < -0.3 is 0 Å². The molecule has 0 bridgehead atoms. The first kappa shape index (κ1) is 13.2. The normalized spacial score (nSPS) is 6.73. The second-order valence-corrected chi connectivity index (χ2v) is 1.53. The smallest absolute Gasteiger partial charge is 0.150 e. The molecule has 0 spiro atoms. The van der Waals surface area contributed by atoms with E-state index in [9.17, 15) is 4.79 Å². The van der Waals surface area contributed by atoms with E-state index in [2.05, 4.69) is 0 Å². The number of halogens is 1. The van der Waals surface area contributed by atoms with Gasteiger partial charge in [0.15, 0.2) is 0 Å². The minimum absolute atomic E-state index is 0. The van der Waals surface area contributed by atoms with Crippen molar-refractivity contribution in [1.29, 1.82) is 0 Å². The van der Waals surface area contributed by atoms with E-state index in [1.165, 1.54) is 0 Å². The number of aldehydes is 1. The van der Waals surface area contributed by atoms with Gasteiger partial charge in [0.1, 0.15) is 6.29 Å². The number of hydrogen-bond acceptors (Lipinski definition) is 1. The topological polar surface area (TPSA) is 17.1 Å². The highest BCUT2D eigenvalue weighted by atomic mass is 127. The maximum atomic E-state index is 10.0. The molecule has 0 unspecified atom stereocenters. The fourth-order valence-electron chi connectivity index (χ4n) is 0.532. The van der Waals surface area contributed by atoms with Crippen molar-refractivity contribution in [2.45, 2.75) is 13.8 Å². The molecule has 0 heterocycles. The Kier molecular flexibility index (Phi) is 11.6. The summed E-state index contributed by atoms with van der Waals surface area (Å²) in [5, 5.41) is 0. The molecule has 0 atom stereocenters. The van der Waals surface area contributed by atoms with E-state index in [-0.39, 0.29) is 24.0 Å². The lowest BCUT2D eigenvalue weighted by Crippen LogP contribution is -1.73. The molecule has 11 heavy (non-hydrogen) atoms. The predicted octanol–water partition coefficient (Wildman–Crippen LogP) is 3.14. The average molecular weight is 264 g/mol. The van der Waals surface area contributed by atoms with Crippen LogP contribution in [-0.4, -0.2) is 6.29 Å². The fraction of sp³-hybridized carbons (Fsp3) is 0.222. The Balaban J connectivity index is 0. The third-order valence-electron chi connectivity index (χ3n) is 0.936. The van der Waals surface area contributed by atoms with Gasteiger partial charge in [-0.15, -0.1) is 24.0 Å². The van der Waals surface area contributed by atoms with Gasteiger partial charge in [0.25, 0.3) is 0 Å². The molecule has 0 aromatic heterocycles.